The van der Waals surface area contributed by atoms with Gasteiger partial charge in [-0.15, -0.1) is 0 Å². The first-order valence-electron chi connectivity index (χ1n) is 21.2. The van der Waals surface area contributed by atoms with Gasteiger partial charge in [-0.3, -0.25) is 0 Å². The summed E-state index contributed by atoms with van der Waals surface area (Å²) in [5.41, 5.74) is 12.8. The Hall–Kier alpha value is -8.61. The van der Waals surface area contributed by atoms with Crippen molar-refractivity contribution in [2.45, 2.75) is 0 Å². The van der Waals surface area contributed by atoms with Crippen LogP contribution in [0.4, 0.5) is 0 Å². The molecule has 6 nitrogen and oxygen atoms in total. The fourth-order valence-electron chi connectivity index (χ4n) is 9.56. The highest BCUT2D eigenvalue weighted by atomic mass is 16.3. The maximum absolute atomic E-state index is 7.01. The summed E-state index contributed by atoms with van der Waals surface area (Å²) in [5, 5.41) is 6.58. The maximum Gasteiger partial charge on any atom is 0.167 e. The largest absolute Gasteiger partial charge is 0.455 e. The van der Waals surface area contributed by atoms with Gasteiger partial charge < -0.3 is 13.6 Å². The van der Waals surface area contributed by atoms with Crippen LogP contribution < -0.4 is 0 Å². The average molecular weight is 806 g/mol. The SMILES string of the molecule is c1ccc(-c2ccc3c(c2)oc2c(-c4nc(-c5ccccc5)nc(-c5cccc6c5c5ccccc5n6-c5ccccc5)n4)cc(-n4c5ccccc5c5ccccc54)cc23)cc1. The van der Waals surface area contributed by atoms with Gasteiger partial charge in [0.05, 0.1) is 27.6 Å². The Morgan fingerprint density at radius 3 is 1.56 bits per heavy atom. The van der Waals surface area contributed by atoms with Crippen LogP contribution in [-0.4, -0.2) is 24.1 Å². The van der Waals surface area contributed by atoms with Crippen molar-refractivity contribution < 1.29 is 4.42 Å². The van der Waals surface area contributed by atoms with Crippen LogP contribution in [0.3, 0.4) is 0 Å². The molecule has 0 fully saturated rings. The third-order valence-electron chi connectivity index (χ3n) is 12.4. The predicted molar refractivity (Wildman–Crippen MR) is 258 cm³/mol. The lowest BCUT2D eigenvalue weighted by atomic mass is 10.0. The molecule has 4 aromatic heterocycles. The van der Waals surface area contributed by atoms with E-state index in [0.29, 0.717) is 17.5 Å². The molecule has 294 valence electrons. The van der Waals surface area contributed by atoms with Crippen molar-refractivity contribution in [2.75, 3.05) is 0 Å². The van der Waals surface area contributed by atoms with E-state index in [1.165, 1.54) is 10.8 Å². The van der Waals surface area contributed by atoms with Crippen molar-refractivity contribution in [3.63, 3.8) is 0 Å². The van der Waals surface area contributed by atoms with Gasteiger partial charge in [0.2, 0.25) is 0 Å². The van der Waals surface area contributed by atoms with Crippen molar-refractivity contribution in [1.82, 2.24) is 24.1 Å². The van der Waals surface area contributed by atoms with Gasteiger partial charge in [0, 0.05) is 54.8 Å². The molecule has 13 aromatic rings. The number of aromatic nitrogens is 5. The van der Waals surface area contributed by atoms with E-state index in [9.17, 15) is 0 Å². The van der Waals surface area contributed by atoms with E-state index in [-0.39, 0.29) is 0 Å². The molecule has 6 heteroatoms. The van der Waals surface area contributed by atoms with Gasteiger partial charge in [0.1, 0.15) is 11.2 Å². The van der Waals surface area contributed by atoms with Crippen molar-refractivity contribution in [3.8, 4) is 56.7 Å². The minimum atomic E-state index is 0.526. The van der Waals surface area contributed by atoms with Gasteiger partial charge in [-0.1, -0.05) is 152 Å². The molecule has 9 aromatic carbocycles. The normalized spacial score (nSPS) is 11.8. The number of benzene rings is 9. The minimum Gasteiger partial charge on any atom is -0.455 e. The minimum absolute atomic E-state index is 0.526. The molecule has 0 aliphatic carbocycles. The standard InChI is InChI=1S/C57H35N5O/c1-4-17-36(18-5-1)38-31-32-43-46-34-40(62-48-27-13-10-23-41(48)42-24-11-14-28-49(42)62)35-47(54(46)63-52(43)33-38)57-59-55(37-19-6-2-7-20-37)58-56(60-57)45-26-16-30-51-53(45)44-25-12-15-29-50(44)61(51)39-21-8-3-9-22-39/h1-35H. The Bertz CT molecular complexity index is 3850. The van der Waals surface area contributed by atoms with E-state index >= 15 is 0 Å². The summed E-state index contributed by atoms with van der Waals surface area (Å²) in [7, 11) is 0. The highest BCUT2D eigenvalue weighted by Crippen LogP contribution is 2.43. The lowest BCUT2D eigenvalue weighted by Gasteiger charge is -2.13. The second-order valence-corrected chi connectivity index (χ2v) is 16.0. The van der Waals surface area contributed by atoms with E-state index in [1.807, 2.05) is 24.3 Å². The van der Waals surface area contributed by atoms with E-state index < -0.39 is 0 Å². The Balaban J connectivity index is 1.12. The quantitative estimate of drug-likeness (QED) is 0.168. The summed E-state index contributed by atoms with van der Waals surface area (Å²) in [6.45, 7) is 0. The van der Waals surface area contributed by atoms with Crippen LogP contribution in [0.2, 0.25) is 0 Å². The monoisotopic (exact) mass is 805 g/mol. The summed E-state index contributed by atoms with van der Waals surface area (Å²) in [4.78, 5) is 16.1. The first kappa shape index (κ1) is 35.2. The molecule has 0 aliphatic heterocycles. The van der Waals surface area contributed by atoms with Crippen LogP contribution in [0.1, 0.15) is 0 Å². The summed E-state index contributed by atoms with van der Waals surface area (Å²) < 4.78 is 11.7. The molecule has 0 bridgehead atoms. The number of fused-ring (bicyclic) bond motifs is 9. The third kappa shape index (κ3) is 5.55. The Morgan fingerprint density at radius 2 is 0.857 bits per heavy atom. The first-order chi connectivity index (χ1) is 31.2. The number of furan rings is 1. The number of hydrogen-bond donors (Lipinski definition) is 0. The predicted octanol–water partition coefficient (Wildman–Crippen LogP) is 14.6. The van der Waals surface area contributed by atoms with E-state index in [0.717, 1.165) is 94.0 Å². The number of para-hydroxylation sites is 4. The van der Waals surface area contributed by atoms with Gasteiger partial charge in [0.15, 0.2) is 17.5 Å². The zero-order chi connectivity index (χ0) is 41.4. The molecule has 0 saturated heterocycles. The van der Waals surface area contributed by atoms with Crippen LogP contribution >= 0.6 is 0 Å². The van der Waals surface area contributed by atoms with Gasteiger partial charge in [-0.05, 0) is 71.8 Å². The summed E-state index contributed by atoms with van der Waals surface area (Å²) in [6.07, 6.45) is 0. The molecule has 0 amide bonds. The molecule has 63 heavy (non-hydrogen) atoms. The molecule has 0 unspecified atom stereocenters. The van der Waals surface area contributed by atoms with Crippen LogP contribution in [0.15, 0.2) is 217 Å². The summed E-state index contributed by atoms with van der Waals surface area (Å²) in [6, 6.07) is 74.3. The van der Waals surface area contributed by atoms with Crippen molar-refractivity contribution in [1.29, 1.82) is 0 Å². The zero-order valence-corrected chi connectivity index (χ0v) is 33.9. The van der Waals surface area contributed by atoms with Gasteiger partial charge >= 0.3 is 0 Å². The molecule has 4 heterocycles. The van der Waals surface area contributed by atoms with Crippen LogP contribution in [0, 0.1) is 0 Å². The lowest BCUT2D eigenvalue weighted by Crippen LogP contribution is -2.02. The van der Waals surface area contributed by atoms with E-state index in [2.05, 4.69) is 197 Å². The van der Waals surface area contributed by atoms with Crippen molar-refractivity contribution in [3.05, 3.63) is 212 Å². The molecule has 13 rings (SSSR count). The molecular weight excluding hydrogens is 771 g/mol. The molecule has 0 N–H and O–H groups in total. The molecule has 0 radical (unpaired) electrons. The average Bonchev–Trinajstić information content (AvgIpc) is 4.02. The van der Waals surface area contributed by atoms with Crippen molar-refractivity contribution >= 4 is 65.6 Å². The Morgan fingerprint density at radius 1 is 0.317 bits per heavy atom. The molecule has 0 spiro atoms. The fraction of sp³-hybridized carbons (Fsp3) is 0. The summed E-state index contributed by atoms with van der Waals surface area (Å²) >= 11 is 0. The third-order valence-corrected chi connectivity index (χ3v) is 12.4. The number of nitrogens with zero attached hydrogens (tertiary/aromatic N) is 5. The van der Waals surface area contributed by atoms with E-state index in [4.69, 9.17) is 19.4 Å². The highest BCUT2D eigenvalue weighted by Gasteiger charge is 2.24. The number of hydrogen-bond acceptors (Lipinski definition) is 4. The zero-order valence-electron chi connectivity index (χ0n) is 33.9. The van der Waals surface area contributed by atoms with Gasteiger partial charge in [0.25, 0.3) is 0 Å². The molecule has 0 atom stereocenters. The molecule has 0 saturated carbocycles. The summed E-state index contributed by atoms with van der Waals surface area (Å²) in [5.74, 6) is 1.69. The van der Waals surface area contributed by atoms with E-state index in [1.54, 1.807) is 0 Å². The Kier molecular flexibility index (Phi) is 7.80. The number of rotatable bonds is 6. The van der Waals surface area contributed by atoms with Crippen molar-refractivity contribution in [2.24, 2.45) is 0 Å². The molecule has 0 aliphatic rings. The smallest absolute Gasteiger partial charge is 0.167 e. The van der Waals surface area contributed by atoms with Crippen LogP contribution in [-0.2, 0) is 0 Å². The van der Waals surface area contributed by atoms with Crippen LogP contribution in [0.25, 0.3) is 122 Å². The van der Waals surface area contributed by atoms with Crippen LogP contribution in [0.5, 0.6) is 0 Å². The topological polar surface area (TPSA) is 61.7 Å². The second-order valence-electron chi connectivity index (χ2n) is 16.0. The lowest BCUT2D eigenvalue weighted by molar-refractivity contribution is 0.669. The molecular formula is C57H35N5O. The Labute approximate surface area is 361 Å². The van der Waals surface area contributed by atoms with Gasteiger partial charge in [-0.25, -0.2) is 15.0 Å². The maximum atomic E-state index is 7.01. The first-order valence-corrected chi connectivity index (χ1v) is 21.2. The second kappa shape index (κ2) is 14.0. The van der Waals surface area contributed by atoms with Gasteiger partial charge in [-0.2, -0.15) is 0 Å². The highest BCUT2D eigenvalue weighted by molar-refractivity contribution is 6.16. The fourth-order valence-corrected chi connectivity index (χ4v) is 9.56.